The fourth-order valence-electron chi connectivity index (χ4n) is 3.68. The average Bonchev–Trinajstić information content (AvgIpc) is 2.49. The van der Waals surface area contributed by atoms with Gasteiger partial charge in [0.2, 0.25) is 0 Å². The molecule has 0 amide bonds. The average molecular weight is 379 g/mol. The van der Waals surface area contributed by atoms with Crippen LogP contribution >= 0.6 is 20.8 Å². The minimum absolute atomic E-state index is 1.21. The van der Waals surface area contributed by atoms with Gasteiger partial charge in [0.25, 0.3) is 0 Å². The summed E-state index contributed by atoms with van der Waals surface area (Å²) in [5, 5.41) is -1.96. The molecule has 0 nitrogen and oxygen atoms in total. The van der Waals surface area contributed by atoms with Crippen molar-refractivity contribution in [1.82, 2.24) is 0 Å². The second-order valence-corrected chi connectivity index (χ2v) is 17.7. The SMILES string of the molecule is CCCP(Br)(CCC)(Cc1ccccc1)Cc1ccccc1. The van der Waals surface area contributed by atoms with Crippen molar-refractivity contribution in [3.05, 3.63) is 71.8 Å². The van der Waals surface area contributed by atoms with E-state index in [0.717, 1.165) is 0 Å². The van der Waals surface area contributed by atoms with Gasteiger partial charge in [-0.3, -0.25) is 0 Å². The number of hydrogen-bond acceptors (Lipinski definition) is 0. The summed E-state index contributed by atoms with van der Waals surface area (Å²) in [5.74, 6) is 0. The molecule has 0 N–H and O–H groups in total. The van der Waals surface area contributed by atoms with Gasteiger partial charge in [-0.1, -0.05) is 0 Å². The van der Waals surface area contributed by atoms with E-state index < -0.39 is 5.31 Å². The van der Waals surface area contributed by atoms with Crippen LogP contribution in [0, 0.1) is 0 Å². The fraction of sp³-hybridized carbons (Fsp3) is 0.400. The van der Waals surface area contributed by atoms with Crippen LogP contribution in [-0.4, -0.2) is 12.3 Å². The summed E-state index contributed by atoms with van der Waals surface area (Å²) in [7, 11) is 0. The van der Waals surface area contributed by atoms with Crippen molar-refractivity contribution < 1.29 is 0 Å². The van der Waals surface area contributed by atoms with Gasteiger partial charge in [-0.05, 0) is 0 Å². The zero-order valence-corrected chi connectivity index (χ0v) is 16.3. The van der Waals surface area contributed by atoms with E-state index in [-0.39, 0.29) is 0 Å². The van der Waals surface area contributed by atoms with E-state index in [2.05, 4.69) is 90.0 Å². The third kappa shape index (κ3) is 4.67. The number of halogens is 1. The van der Waals surface area contributed by atoms with E-state index in [4.69, 9.17) is 0 Å². The Morgan fingerprint density at radius 1 is 0.682 bits per heavy atom. The first-order valence-electron chi connectivity index (χ1n) is 8.38. The van der Waals surface area contributed by atoms with Crippen molar-refractivity contribution in [1.29, 1.82) is 0 Å². The van der Waals surface area contributed by atoms with Crippen molar-refractivity contribution in [3.63, 3.8) is 0 Å². The second-order valence-electron chi connectivity index (χ2n) is 6.55. The molecule has 2 rings (SSSR count). The zero-order chi connectivity index (χ0) is 15.9. The van der Waals surface area contributed by atoms with Gasteiger partial charge in [0.1, 0.15) is 0 Å². The van der Waals surface area contributed by atoms with Gasteiger partial charge in [-0.25, -0.2) is 0 Å². The molecule has 0 spiro atoms. The molecule has 0 aliphatic carbocycles. The van der Waals surface area contributed by atoms with Crippen LogP contribution in [0.15, 0.2) is 60.7 Å². The van der Waals surface area contributed by atoms with Crippen LogP contribution in [0.5, 0.6) is 0 Å². The Hall–Kier alpha value is -0.650. The summed E-state index contributed by atoms with van der Waals surface area (Å²) in [5.41, 5.74) is 2.96. The predicted molar refractivity (Wildman–Crippen MR) is 106 cm³/mol. The summed E-state index contributed by atoms with van der Waals surface area (Å²) < 4.78 is 0. The molecule has 0 aromatic heterocycles. The number of benzene rings is 2. The molecular weight excluding hydrogens is 351 g/mol. The molecule has 0 saturated heterocycles. The summed E-state index contributed by atoms with van der Waals surface area (Å²) in [6.07, 6.45) is 7.57. The maximum atomic E-state index is 4.42. The predicted octanol–water partition coefficient (Wildman–Crippen LogP) is 7.07. The molecular formula is C20H28BrP. The Labute approximate surface area is 144 Å². The van der Waals surface area contributed by atoms with Gasteiger partial charge >= 0.3 is 144 Å². The summed E-state index contributed by atoms with van der Waals surface area (Å²) >= 11 is 4.42. The molecule has 120 valence electrons. The molecule has 0 fully saturated rings. The Bertz CT molecular complexity index is 513. The minimum atomic E-state index is -1.96. The number of hydrogen-bond donors (Lipinski definition) is 0. The molecule has 0 aliphatic heterocycles. The third-order valence-electron chi connectivity index (χ3n) is 4.41. The van der Waals surface area contributed by atoms with Crippen LogP contribution in [0.25, 0.3) is 0 Å². The van der Waals surface area contributed by atoms with Crippen molar-refractivity contribution >= 4 is 20.8 Å². The normalized spacial score (nSPS) is 13.5. The molecule has 0 saturated carbocycles. The molecule has 2 aromatic carbocycles. The standard InChI is InChI=1S/C20H28BrP/c1-3-15-22(21,16-4-2,17-19-11-7-5-8-12-19)18-20-13-9-6-10-14-20/h5-14H,3-4,15-18H2,1-2H3. The molecule has 22 heavy (non-hydrogen) atoms. The molecule has 0 aliphatic rings. The van der Waals surface area contributed by atoms with Gasteiger partial charge in [0, 0.05) is 0 Å². The Morgan fingerprint density at radius 2 is 1.05 bits per heavy atom. The third-order valence-corrected chi connectivity index (χ3v) is 13.5. The van der Waals surface area contributed by atoms with E-state index in [1.165, 1.54) is 48.6 Å². The Morgan fingerprint density at radius 3 is 1.36 bits per heavy atom. The van der Waals surface area contributed by atoms with Crippen LogP contribution in [-0.2, 0) is 12.3 Å². The van der Waals surface area contributed by atoms with E-state index in [0.29, 0.717) is 0 Å². The van der Waals surface area contributed by atoms with Crippen molar-refractivity contribution in [2.75, 3.05) is 12.3 Å². The first-order chi connectivity index (χ1) is 10.6. The molecule has 2 heteroatoms. The maximum absolute atomic E-state index is 4.42. The summed E-state index contributed by atoms with van der Waals surface area (Å²) in [6.45, 7) is 4.66. The van der Waals surface area contributed by atoms with Crippen molar-refractivity contribution in [2.45, 2.75) is 39.0 Å². The first-order valence-corrected chi connectivity index (χ1v) is 13.4. The van der Waals surface area contributed by atoms with Crippen LogP contribution < -0.4 is 0 Å². The van der Waals surface area contributed by atoms with Crippen LogP contribution in [0.4, 0.5) is 0 Å². The summed E-state index contributed by atoms with van der Waals surface area (Å²) in [6, 6.07) is 22.1. The molecule has 0 unspecified atom stereocenters. The van der Waals surface area contributed by atoms with E-state index in [1.54, 1.807) is 0 Å². The molecule has 0 heterocycles. The van der Waals surface area contributed by atoms with Crippen molar-refractivity contribution in [3.8, 4) is 0 Å². The quantitative estimate of drug-likeness (QED) is 0.430. The molecule has 0 radical (unpaired) electrons. The van der Waals surface area contributed by atoms with E-state index in [1.807, 2.05) is 0 Å². The van der Waals surface area contributed by atoms with Crippen LogP contribution in [0.3, 0.4) is 0 Å². The van der Waals surface area contributed by atoms with Gasteiger partial charge in [0.05, 0.1) is 0 Å². The summed E-state index contributed by atoms with van der Waals surface area (Å²) in [4.78, 5) is 0. The molecule has 0 bridgehead atoms. The Balaban J connectivity index is 2.37. The Kier molecular flexibility index (Phi) is 6.24. The topological polar surface area (TPSA) is 0 Å². The van der Waals surface area contributed by atoms with Gasteiger partial charge < -0.3 is 0 Å². The zero-order valence-electron chi connectivity index (χ0n) is 13.8. The van der Waals surface area contributed by atoms with E-state index in [9.17, 15) is 0 Å². The molecule has 0 atom stereocenters. The number of rotatable bonds is 8. The van der Waals surface area contributed by atoms with Gasteiger partial charge in [0.15, 0.2) is 0 Å². The van der Waals surface area contributed by atoms with Gasteiger partial charge in [-0.15, -0.1) is 0 Å². The first kappa shape index (κ1) is 17.7. The second kappa shape index (κ2) is 7.75. The van der Waals surface area contributed by atoms with Crippen LogP contribution in [0.2, 0.25) is 0 Å². The van der Waals surface area contributed by atoms with Gasteiger partial charge in [-0.2, -0.15) is 0 Å². The monoisotopic (exact) mass is 378 g/mol. The fourth-order valence-corrected chi connectivity index (χ4v) is 13.0. The van der Waals surface area contributed by atoms with E-state index >= 15 is 0 Å². The van der Waals surface area contributed by atoms with Crippen molar-refractivity contribution in [2.24, 2.45) is 0 Å². The molecule has 2 aromatic rings. The van der Waals surface area contributed by atoms with Crippen LogP contribution in [0.1, 0.15) is 37.8 Å².